The lowest BCUT2D eigenvalue weighted by Gasteiger charge is -2.20. The number of rotatable bonds is 5. The molecule has 0 spiro atoms. The van der Waals surface area contributed by atoms with Crippen LogP contribution in [0.25, 0.3) is 17.0 Å². The Morgan fingerprint density at radius 3 is 2.67 bits per heavy atom. The van der Waals surface area contributed by atoms with Gasteiger partial charge in [0.1, 0.15) is 5.82 Å². The number of anilines is 1. The van der Waals surface area contributed by atoms with Crippen LogP contribution in [-0.4, -0.2) is 58.9 Å². The van der Waals surface area contributed by atoms with Gasteiger partial charge in [0, 0.05) is 31.1 Å². The van der Waals surface area contributed by atoms with Gasteiger partial charge in [-0.1, -0.05) is 0 Å². The Labute approximate surface area is 127 Å². The molecule has 0 bridgehead atoms. The number of hydrogen-bond acceptors (Lipinski definition) is 6. The molecule has 3 heterocycles. The Morgan fingerprint density at radius 2 is 1.95 bits per heavy atom. The van der Waals surface area contributed by atoms with Crippen LogP contribution in [0.2, 0.25) is 0 Å². The minimum absolute atomic E-state index is 0.765. The van der Waals surface area contributed by atoms with Gasteiger partial charge >= 0.3 is 0 Å². The molecule has 7 heteroatoms. The van der Waals surface area contributed by atoms with E-state index in [0.717, 1.165) is 35.9 Å². The summed E-state index contributed by atoms with van der Waals surface area (Å²) in [6, 6.07) is 5.97. The minimum Gasteiger partial charge on any atom is -0.357 e. The van der Waals surface area contributed by atoms with Crippen molar-refractivity contribution >= 4 is 22.8 Å². The number of hydrogen-bond donors (Lipinski definition) is 0. The second-order valence-corrected chi connectivity index (χ2v) is 6.00. The highest BCUT2D eigenvalue weighted by Crippen LogP contribution is 2.21. The Bertz CT molecular complexity index is 718. The van der Waals surface area contributed by atoms with Crippen LogP contribution in [0.3, 0.4) is 0 Å². The van der Waals surface area contributed by atoms with Gasteiger partial charge in [-0.15, -0.1) is 15.3 Å². The second-order valence-electron chi connectivity index (χ2n) is 5.22. The maximum absolute atomic E-state index is 4.67. The van der Waals surface area contributed by atoms with Gasteiger partial charge in [0.05, 0.1) is 0 Å². The predicted octanol–water partition coefficient (Wildman–Crippen LogP) is 1.85. The summed E-state index contributed by atoms with van der Waals surface area (Å²) in [6.07, 6.45) is 0. The van der Waals surface area contributed by atoms with E-state index in [1.165, 1.54) is 0 Å². The molecule has 0 aromatic carbocycles. The first-order valence-electron chi connectivity index (χ1n) is 6.76. The van der Waals surface area contributed by atoms with Gasteiger partial charge in [-0.3, -0.25) is 0 Å². The molecule has 0 N–H and O–H groups in total. The van der Waals surface area contributed by atoms with E-state index in [4.69, 9.17) is 0 Å². The lowest BCUT2D eigenvalue weighted by atomic mass is 10.3. The van der Waals surface area contributed by atoms with E-state index in [1.54, 1.807) is 11.3 Å². The zero-order chi connectivity index (χ0) is 14.8. The maximum Gasteiger partial charge on any atom is 0.186 e. The lowest BCUT2D eigenvalue weighted by Crippen LogP contribution is -2.29. The Morgan fingerprint density at radius 1 is 1.10 bits per heavy atom. The monoisotopic (exact) mass is 302 g/mol. The molecule has 0 unspecified atom stereocenters. The third-order valence-corrected chi connectivity index (χ3v) is 3.99. The number of thiophene rings is 1. The first-order chi connectivity index (χ1) is 10.1. The molecule has 0 fully saturated rings. The zero-order valence-corrected chi connectivity index (χ0v) is 13.2. The largest absolute Gasteiger partial charge is 0.357 e. The fourth-order valence-electron chi connectivity index (χ4n) is 2.02. The van der Waals surface area contributed by atoms with Crippen molar-refractivity contribution in [2.75, 3.05) is 39.1 Å². The SMILES string of the molecule is CN(C)CCN(C)c1ccc2nnc(-c3ccsc3)n2n1. The van der Waals surface area contributed by atoms with Gasteiger partial charge in [0.15, 0.2) is 11.5 Å². The molecule has 3 rings (SSSR count). The highest BCUT2D eigenvalue weighted by Gasteiger charge is 2.11. The van der Waals surface area contributed by atoms with Crippen LogP contribution in [0.15, 0.2) is 29.0 Å². The van der Waals surface area contributed by atoms with E-state index in [0.29, 0.717) is 0 Å². The molecule has 0 saturated heterocycles. The van der Waals surface area contributed by atoms with Crippen molar-refractivity contribution in [3.63, 3.8) is 0 Å². The summed E-state index contributed by atoms with van der Waals surface area (Å²) in [5, 5.41) is 17.2. The highest BCUT2D eigenvalue weighted by molar-refractivity contribution is 7.08. The molecule has 6 nitrogen and oxygen atoms in total. The summed E-state index contributed by atoms with van der Waals surface area (Å²) in [4.78, 5) is 4.29. The van der Waals surface area contributed by atoms with E-state index in [2.05, 4.69) is 44.6 Å². The molecule has 21 heavy (non-hydrogen) atoms. The fraction of sp³-hybridized carbons (Fsp3) is 0.357. The summed E-state index contributed by atoms with van der Waals surface area (Å²) in [5.41, 5.74) is 1.81. The van der Waals surface area contributed by atoms with Crippen molar-refractivity contribution in [3.8, 4) is 11.4 Å². The summed E-state index contributed by atoms with van der Waals surface area (Å²) in [6.45, 7) is 1.90. The predicted molar refractivity (Wildman–Crippen MR) is 85.9 cm³/mol. The molecule has 3 aromatic heterocycles. The Balaban J connectivity index is 1.93. The van der Waals surface area contributed by atoms with Crippen molar-refractivity contribution < 1.29 is 0 Å². The van der Waals surface area contributed by atoms with Gasteiger partial charge < -0.3 is 9.80 Å². The molecule has 110 valence electrons. The second kappa shape index (κ2) is 5.79. The normalized spacial score (nSPS) is 11.4. The summed E-state index contributed by atoms with van der Waals surface area (Å²) in [7, 11) is 6.18. The summed E-state index contributed by atoms with van der Waals surface area (Å²) >= 11 is 1.64. The van der Waals surface area contributed by atoms with Crippen LogP contribution in [-0.2, 0) is 0 Å². The Hall–Kier alpha value is -1.99. The molecule has 0 atom stereocenters. The van der Waals surface area contributed by atoms with Gasteiger partial charge in [-0.25, -0.2) is 0 Å². The quantitative estimate of drug-likeness (QED) is 0.720. The lowest BCUT2D eigenvalue weighted by molar-refractivity contribution is 0.416. The third kappa shape index (κ3) is 2.88. The minimum atomic E-state index is 0.765. The Kier molecular flexibility index (Phi) is 3.85. The molecular weight excluding hydrogens is 284 g/mol. The van der Waals surface area contributed by atoms with Crippen molar-refractivity contribution in [2.24, 2.45) is 0 Å². The average Bonchev–Trinajstić information content (AvgIpc) is 3.12. The number of fused-ring (bicyclic) bond motifs is 1. The third-order valence-electron chi connectivity index (χ3n) is 3.30. The molecule has 0 aliphatic rings. The number of aromatic nitrogens is 4. The topological polar surface area (TPSA) is 49.6 Å². The van der Waals surface area contributed by atoms with Gasteiger partial charge in [-0.2, -0.15) is 15.9 Å². The molecule has 0 aliphatic heterocycles. The highest BCUT2D eigenvalue weighted by atomic mass is 32.1. The molecular formula is C14H18N6S. The number of nitrogens with zero attached hydrogens (tertiary/aromatic N) is 6. The van der Waals surface area contributed by atoms with Crippen LogP contribution in [0.4, 0.5) is 5.82 Å². The van der Waals surface area contributed by atoms with Crippen molar-refractivity contribution in [1.29, 1.82) is 0 Å². The fourth-order valence-corrected chi connectivity index (χ4v) is 2.65. The van der Waals surface area contributed by atoms with Crippen LogP contribution < -0.4 is 4.90 Å². The van der Waals surface area contributed by atoms with E-state index in [1.807, 2.05) is 35.1 Å². The van der Waals surface area contributed by atoms with E-state index in [9.17, 15) is 0 Å². The van der Waals surface area contributed by atoms with Gasteiger partial charge in [0.2, 0.25) is 0 Å². The number of likely N-dealkylation sites (N-methyl/N-ethyl adjacent to an activating group) is 2. The standard InChI is InChI=1S/C14H18N6S/c1-18(2)7-8-19(3)13-5-4-12-15-16-14(20(12)17-13)11-6-9-21-10-11/h4-6,9-10H,7-8H2,1-3H3. The van der Waals surface area contributed by atoms with Crippen LogP contribution in [0, 0.1) is 0 Å². The van der Waals surface area contributed by atoms with E-state index >= 15 is 0 Å². The van der Waals surface area contributed by atoms with Crippen molar-refractivity contribution in [2.45, 2.75) is 0 Å². The maximum atomic E-state index is 4.67. The van der Waals surface area contributed by atoms with Crippen molar-refractivity contribution in [3.05, 3.63) is 29.0 Å². The molecule has 3 aromatic rings. The van der Waals surface area contributed by atoms with E-state index < -0.39 is 0 Å². The average molecular weight is 302 g/mol. The smallest absolute Gasteiger partial charge is 0.186 e. The van der Waals surface area contributed by atoms with Crippen LogP contribution in [0.5, 0.6) is 0 Å². The zero-order valence-electron chi connectivity index (χ0n) is 12.4. The van der Waals surface area contributed by atoms with Crippen LogP contribution >= 0.6 is 11.3 Å². The summed E-state index contributed by atoms with van der Waals surface area (Å²) < 4.78 is 1.81. The molecule has 0 amide bonds. The first kappa shape index (κ1) is 14.0. The van der Waals surface area contributed by atoms with Crippen molar-refractivity contribution in [1.82, 2.24) is 24.7 Å². The summed E-state index contributed by atoms with van der Waals surface area (Å²) in [5.74, 6) is 1.70. The van der Waals surface area contributed by atoms with Crippen LogP contribution in [0.1, 0.15) is 0 Å². The van der Waals surface area contributed by atoms with Gasteiger partial charge in [-0.05, 0) is 37.7 Å². The molecule has 0 aliphatic carbocycles. The van der Waals surface area contributed by atoms with E-state index in [-0.39, 0.29) is 0 Å². The van der Waals surface area contributed by atoms with Gasteiger partial charge in [0.25, 0.3) is 0 Å². The molecule has 0 saturated carbocycles. The first-order valence-corrected chi connectivity index (χ1v) is 7.70. The molecule has 0 radical (unpaired) electrons.